The Kier molecular flexibility index (Phi) is 8.43. The average molecular weight is 450 g/mol. The number of carbonyl (C=O) groups is 3. The van der Waals surface area contributed by atoms with Gasteiger partial charge in [-0.05, 0) is 31.0 Å². The molecule has 32 heavy (non-hydrogen) atoms. The molecule has 0 aliphatic carbocycles. The summed E-state index contributed by atoms with van der Waals surface area (Å²) < 4.78 is 21.9. The van der Waals surface area contributed by atoms with E-state index >= 15 is 0 Å². The molecule has 176 valence electrons. The highest BCUT2D eigenvalue weighted by Gasteiger charge is 2.39. The number of ether oxygens (including phenoxy) is 4. The number of likely N-dealkylation sites (N-methyl/N-ethyl adjacent to an activating group) is 1. The summed E-state index contributed by atoms with van der Waals surface area (Å²) in [5.41, 5.74) is 0.869. The third-order valence-corrected chi connectivity index (χ3v) is 5.61. The number of amides is 3. The Morgan fingerprint density at radius 1 is 1.19 bits per heavy atom. The van der Waals surface area contributed by atoms with Crippen molar-refractivity contribution in [3.8, 4) is 5.75 Å². The molecule has 0 bridgehead atoms. The van der Waals surface area contributed by atoms with Gasteiger partial charge in [-0.3, -0.25) is 14.4 Å². The molecule has 3 rings (SSSR count). The number of anilines is 1. The highest BCUT2D eigenvalue weighted by Crippen LogP contribution is 2.32. The minimum absolute atomic E-state index is 0.0753. The van der Waals surface area contributed by atoms with Crippen molar-refractivity contribution < 1.29 is 33.3 Å². The van der Waals surface area contributed by atoms with Gasteiger partial charge in [0.25, 0.3) is 5.91 Å². The van der Waals surface area contributed by atoms with Crippen molar-refractivity contribution >= 4 is 23.4 Å². The van der Waals surface area contributed by atoms with Gasteiger partial charge in [0.1, 0.15) is 25.1 Å². The van der Waals surface area contributed by atoms with Crippen LogP contribution in [0.5, 0.6) is 5.75 Å². The zero-order chi connectivity index (χ0) is 23.1. The molecule has 0 saturated carbocycles. The largest absolute Gasteiger partial charge is 0.490 e. The van der Waals surface area contributed by atoms with Crippen LogP contribution in [-0.2, 0) is 23.8 Å². The van der Waals surface area contributed by atoms with Crippen LogP contribution in [0, 0.1) is 0 Å². The maximum Gasteiger partial charge on any atom is 0.257 e. The first-order chi connectivity index (χ1) is 15.4. The third kappa shape index (κ3) is 5.96. The topological polar surface area (TPSA) is 115 Å². The van der Waals surface area contributed by atoms with Crippen molar-refractivity contribution in [1.82, 2.24) is 10.2 Å². The fourth-order valence-electron chi connectivity index (χ4n) is 4.00. The number of fused-ring (bicyclic) bond motifs is 2. The number of benzene rings is 1. The smallest absolute Gasteiger partial charge is 0.257 e. The third-order valence-electron chi connectivity index (χ3n) is 5.61. The average Bonchev–Trinajstić information content (AvgIpc) is 2.77. The molecule has 0 unspecified atom stereocenters. The van der Waals surface area contributed by atoms with Gasteiger partial charge in [-0.2, -0.15) is 0 Å². The van der Waals surface area contributed by atoms with Crippen molar-refractivity contribution in [3.05, 3.63) is 23.8 Å². The van der Waals surface area contributed by atoms with Crippen LogP contribution in [0.1, 0.15) is 29.6 Å². The Labute approximate surface area is 187 Å². The molecule has 3 atom stereocenters. The molecule has 0 aromatic heterocycles. The molecule has 10 heteroatoms. The number of methoxy groups -OCH3 is 2. The van der Waals surface area contributed by atoms with Crippen LogP contribution in [0.15, 0.2) is 18.2 Å². The summed E-state index contributed by atoms with van der Waals surface area (Å²) in [5.74, 6) is -0.182. The molecular formula is C22H31N3O7. The van der Waals surface area contributed by atoms with Gasteiger partial charge < -0.3 is 34.5 Å². The number of nitrogens with zero attached hydrogens (tertiary/aromatic N) is 1. The first-order valence-electron chi connectivity index (χ1n) is 10.7. The predicted octanol–water partition coefficient (Wildman–Crippen LogP) is 0.805. The SMILES string of the molecule is COCCNC(=O)C[C@@H]1CC[C@H]2[C@@H](COc3ccc(NC(=O)COC)cc3C(=O)N2C)O1. The molecule has 3 amide bonds. The van der Waals surface area contributed by atoms with Gasteiger partial charge in [-0.15, -0.1) is 0 Å². The van der Waals surface area contributed by atoms with E-state index < -0.39 is 0 Å². The van der Waals surface area contributed by atoms with Crippen LogP contribution < -0.4 is 15.4 Å². The van der Waals surface area contributed by atoms with Crippen LogP contribution >= 0.6 is 0 Å². The highest BCUT2D eigenvalue weighted by atomic mass is 16.5. The maximum atomic E-state index is 13.2. The van der Waals surface area contributed by atoms with Gasteiger partial charge in [0, 0.05) is 33.5 Å². The Morgan fingerprint density at radius 3 is 2.75 bits per heavy atom. The summed E-state index contributed by atoms with van der Waals surface area (Å²) in [6, 6.07) is 4.77. The van der Waals surface area contributed by atoms with E-state index in [0.717, 1.165) is 0 Å². The van der Waals surface area contributed by atoms with E-state index in [2.05, 4.69) is 10.6 Å². The lowest BCUT2D eigenvalue weighted by atomic mass is 9.94. The molecule has 2 heterocycles. The van der Waals surface area contributed by atoms with E-state index in [-0.39, 0.29) is 55.6 Å². The standard InChI is InChI=1S/C22H31N3O7/c1-25-17-6-5-15(11-20(26)23-8-9-29-2)32-19(17)12-31-18-7-4-14(10-16(18)22(25)28)24-21(27)13-30-3/h4,7,10,15,17,19H,5-6,8-9,11-13H2,1-3H3,(H,23,26)(H,24,27)/t15-,17-,19+/m0/s1. The van der Waals surface area contributed by atoms with Gasteiger partial charge in [-0.25, -0.2) is 0 Å². The van der Waals surface area contributed by atoms with E-state index in [9.17, 15) is 14.4 Å². The maximum absolute atomic E-state index is 13.2. The molecule has 0 radical (unpaired) electrons. The molecule has 2 aliphatic rings. The first kappa shape index (κ1) is 24.0. The van der Waals surface area contributed by atoms with Crippen LogP contribution in [0.3, 0.4) is 0 Å². The number of hydrogen-bond acceptors (Lipinski definition) is 7. The van der Waals surface area contributed by atoms with Crippen molar-refractivity contribution in [1.29, 1.82) is 0 Å². The van der Waals surface area contributed by atoms with Gasteiger partial charge in [-0.1, -0.05) is 0 Å². The van der Waals surface area contributed by atoms with Crippen molar-refractivity contribution in [2.45, 2.75) is 37.5 Å². The number of rotatable bonds is 8. The quantitative estimate of drug-likeness (QED) is 0.564. The van der Waals surface area contributed by atoms with Crippen molar-refractivity contribution in [2.24, 2.45) is 0 Å². The van der Waals surface area contributed by atoms with Crippen molar-refractivity contribution in [3.63, 3.8) is 0 Å². The van der Waals surface area contributed by atoms with Gasteiger partial charge in [0.05, 0.1) is 30.7 Å². The highest BCUT2D eigenvalue weighted by molar-refractivity contribution is 6.00. The van der Waals surface area contributed by atoms with Gasteiger partial charge in [0.15, 0.2) is 0 Å². The minimum atomic E-state index is -0.344. The van der Waals surface area contributed by atoms with E-state index in [1.807, 2.05) is 0 Å². The van der Waals surface area contributed by atoms with Crippen LogP contribution in [0.2, 0.25) is 0 Å². The lowest BCUT2D eigenvalue weighted by Gasteiger charge is -2.42. The molecule has 1 saturated heterocycles. The first-order valence-corrected chi connectivity index (χ1v) is 10.7. The fourth-order valence-corrected chi connectivity index (χ4v) is 4.00. The Balaban J connectivity index is 1.67. The van der Waals surface area contributed by atoms with Gasteiger partial charge in [0.2, 0.25) is 11.8 Å². The van der Waals surface area contributed by atoms with E-state index in [4.69, 9.17) is 18.9 Å². The lowest BCUT2D eigenvalue weighted by molar-refractivity contribution is -0.134. The molecule has 1 aromatic rings. The second kappa shape index (κ2) is 11.3. The lowest BCUT2D eigenvalue weighted by Crippen LogP contribution is -2.54. The summed E-state index contributed by atoms with van der Waals surface area (Å²) in [5, 5.41) is 5.51. The van der Waals surface area contributed by atoms with Crippen LogP contribution in [0.4, 0.5) is 5.69 Å². The van der Waals surface area contributed by atoms with Crippen LogP contribution in [0.25, 0.3) is 0 Å². The summed E-state index contributed by atoms with van der Waals surface area (Å²) in [6.07, 6.45) is 1.04. The minimum Gasteiger partial charge on any atom is -0.490 e. The molecule has 1 fully saturated rings. The van der Waals surface area contributed by atoms with E-state index in [0.29, 0.717) is 43.0 Å². The van der Waals surface area contributed by atoms with Crippen molar-refractivity contribution in [2.75, 3.05) is 52.9 Å². The molecule has 2 N–H and O–H groups in total. The van der Waals surface area contributed by atoms with E-state index in [1.54, 1.807) is 37.3 Å². The molecule has 1 aromatic carbocycles. The summed E-state index contributed by atoms with van der Waals surface area (Å²) in [7, 11) is 4.76. The van der Waals surface area contributed by atoms with E-state index in [1.165, 1.54) is 7.11 Å². The Hall–Kier alpha value is -2.69. The molecular weight excluding hydrogens is 418 g/mol. The summed E-state index contributed by atoms with van der Waals surface area (Å²) >= 11 is 0. The predicted molar refractivity (Wildman–Crippen MR) is 116 cm³/mol. The fraction of sp³-hybridized carbons (Fsp3) is 0.591. The second-order valence-electron chi connectivity index (χ2n) is 7.91. The Morgan fingerprint density at radius 2 is 2.00 bits per heavy atom. The van der Waals surface area contributed by atoms with Gasteiger partial charge >= 0.3 is 0 Å². The normalized spacial score (nSPS) is 22.7. The molecule has 0 spiro atoms. The molecule has 10 nitrogen and oxygen atoms in total. The molecule has 2 aliphatic heterocycles. The number of hydrogen-bond donors (Lipinski definition) is 2. The number of carbonyl (C=O) groups excluding carboxylic acids is 3. The summed E-state index contributed by atoms with van der Waals surface area (Å²) in [6.45, 7) is 1.10. The summed E-state index contributed by atoms with van der Waals surface area (Å²) in [4.78, 5) is 38.8. The zero-order valence-corrected chi connectivity index (χ0v) is 18.7. The monoisotopic (exact) mass is 449 g/mol. The Bertz CT molecular complexity index is 832. The number of nitrogens with one attached hydrogen (secondary N) is 2. The zero-order valence-electron chi connectivity index (χ0n) is 18.7. The second-order valence-corrected chi connectivity index (χ2v) is 7.91. The van der Waals surface area contributed by atoms with Crippen LogP contribution in [-0.4, -0.2) is 88.5 Å².